The Hall–Kier alpha value is -0.690. The quantitative estimate of drug-likeness (QED) is 0.467. The molecule has 0 saturated carbocycles. The fourth-order valence-electron chi connectivity index (χ4n) is 0.132. The van der Waals surface area contributed by atoms with E-state index in [4.69, 9.17) is 5.11 Å². The number of hydrogen-bond acceptors (Lipinski definition) is 1. The minimum Gasteiger partial charge on any atom is -0.354 e. The molecule has 0 aliphatic carbocycles. The molecule has 0 fully saturated rings. The van der Waals surface area contributed by atoms with Crippen molar-refractivity contribution in [3.8, 4) is 11.8 Å². The Morgan fingerprint density at radius 2 is 1.62 bits per heavy atom. The maximum absolute atomic E-state index is 11.1. The van der Waals surface area contributed by atoms with Crippen LogP contribution in [0.3, 0.4) is 0 Å². The van der Waals surface area contributed by atoms with Gasteiger partial charge in [-0.25, -0.2) is 4.39 Å². The molecule has 1 atom stereocenters. The zero-order valence-electron chi connectivity index (χ0n) is 3.74. The van der Waals surface area contributed by atoms with Gasteiger partial charge >= 0.3 is 0 Å². The van der Waals surface area contributed by atoms with E-state index < -0.39 is 12.8 Å². The topological polar surface area (TPSA) is 20.2 Å². The molecule has 0 amide bonds. The Morgan fingerprint density at radius 3 is 1.75 bits per heavy atom. The summed E-state index contributed by atoms with van der Waals surface area (Å²) in [7, 11) is 0. The fraction of sp³-hybridized carbons (Fsp3) is 0.500. The van der Waals surface area contributed by atoms with Crippen LogP contribution in [0.1, 0.15) is 0 Å². The molecule has 0 aromatic rings. The summed E-state index contributed by atoms with van der Waals surface area (Å²) in [5, 5.41) is 7.63. The fourth-order valence-corrected chi connectivity index (χ4v) is 0.132. The van der Waals surface area contributed by atoms with Gasteiger partial charge in [0, 0.05) is 0 Å². The van der Waals surface area contributed by atoms with Gasteiger partial charge in [-0.1, -0.05) is 0 Å². The number of halogens is 3. The van der Waals surface area contributed by atoms with Gasteiger partial charge in [-0.15, -0.1) is 0 Å². The highest BCUT2D eigenvalue weighted by atomic mass is 19.3. The van der Waals surface area contributed by atoms with Crippen molar-refractivity contribution in [3.05, 3.63) is 0 Å². The summed E-state index contributed by atoms with van der Waals surface area (Å²) in [5.74, 6) is 2.37. The van der Waals surface area contributed by atoms with E-state index in [9.17, 15) is 13.2 Å². The lowest BCUT2D eigenvalue weighted by molar-refractivity contribution is 0.0965. The van der Waals surface area contributed by atoms with Crippen LogP contribution in [0.5, 0.6) is 0 Å². The molecule has 0 aliphatic heterocycles. The van der Waals surface area contributed by atoms with E-state index in [1.54, 1.807) is 0 Å². The highest BCUT2D eigenvalue weighted by Crippen LogP contribution is 1.87. The van der Waals surface area contributed by atoms with Crippen LogP contribution in [0.4, 0.5) is 13.2 Å². The van der Waals surface area contributed by atoms with Crippen molar-refractivity contribution >= 4 is 0 Å². The first-order valence-electron chi connectivity index (χ1n) is 1.74. The number of hydrogen-bond donors (Lipinski definition) is 1. The van der Waals surface area contributed by atoms with E-state index in [1.165, 1.54) is 5.92 Å². The second-order valence-corrected chi connectivity index (χ2v) is 0.925. The first kappa shape index (κ1) is 7.31. The van der Waals surface area contributed by atoms with Gasteiger partial charge in [-0.05, 0) is 11.8 Å². The smallest absolute Gasteiger partial charge is 0.299 e. The first-order valence-corrected chi connectivity index (χ1v) is 1.74. The molecule has 0 bridgehead atoms. The molecule has 1 nitrogen and oxygen atoms in total. The van der Waals surface area contributed by atoms with Crippen LogP contribution in [-0.2, 0) is 0 Å². The Kier molecular flexibility index (Phi) is 3.04. The molecule has 0 spiro atoms. The van der Waals surface area contributed by atoms with Crippen molar-refractivity contribution in [3.63, 3.8) is 0 Å². The Labute approximate surface area is 44.1 Å². The number of alkyl halides is 3. The van der Waals surface area contributed by atoms with Crippen molar-refractivity contribution in [2.75, 3.05) is 0 Å². The van der Waals surface area contributed by atoms with Crippen LogP contribution < -0.4 is 0 Å². The molecule has 0 radical (unpaired) electrons. The highest BCUT2D eigenvalue weighted by molar-refractivity contribution is 5.03. The van der Waals surface area contributed by atoms with Gasteiger partial charge in [0.25, 0.3) is 12.8 Å². The predicted octanol–water partition coefficient (Wildman–Crippen LogP) is 0.543. The van der Waals surface area contributed by atoms with Crippen LogP contribution >= 0.6 is 0 Å². The van der Waals surface area contributed by atoms with E-state index in [-0.39, 0.29) is 0 Å². The van der Waals surface area contributed by atoms with E-state index in [1.807, 2.05) is 0 Å². The average molecular weight is 124 g/mol. The SMILES string of the molecule is OC(F)C#CC(F)F. The lowest BCUT2D eigenvalue weighted by Crippen LogP contribution is -1.92. The third-order valence-corrected chi connectivity index (χ3v) is 0.312. The summed E-state index contributed by atoms with van der Waals surface area (Å²) in [4.78, 5) is 0. The molecular formula is C4H3F3O. The lowest BCUT2D eigenvalue weighted by Gasteiger charge is -1.82. The molecule has 4 heteroatoms. The average Bonchev–Trinajstić information content (AvgIpc) is 1.61. The van der Waals surface area contributed by atoms with Gasteiger partial charge in [0.05, 0.1) is 0 Å². The van der Waals surface area contributed by atoms with Crippen molar-refractivity contribution < 1.29 is 18.3 Å². The summed E-state index contributed by atoms with van der Waals surface area (Å²) in [6.45, 7) is 0. The van der Waals surface area contributed by atoms with Crippen LogP contribution in [0.2, 0.25) is 0 Å². The molecular weight excluding hydrogens is 121 g/mol. The third-order valence-electron chi connectivity index (χ3n) is 0.312. The van der Waals surface area contributed by atoms with E-state index >= 15 is 0 Å². The number of rotatable bonds is 0. The number of aliphatic hydroxyl groups is 1. The summed E-state index contributed by atoms with van der Waals surface area (Å²) in [6.07, 6.45) is -5.33. The highest BCUT2D eigenvalue weighted by Gasteiger charge is 1.93. The minimum absolute atomic E-state index is 1.14. The Morgan fingerprint density at radius 1 is 1.12 bits per heavy atom. The maximum Gasteiger partial charge on any atom is 0.299 e. The Balaban J connectivity index is 3.50. The molecule has 0 aromatic carbocycles. The first-order chi connectivity index (χ1) is 3.63. The monoisotopic (exact) mass is 124 g/mol. The zero-order chi connectivity index (χ0) is 6.57. The second-order valence-electron chi connectivity index (χ2n) is 0.925. The predicted molar refractivity (Wildman–Crippen MR) is 20.9 cm³/mol. The van der Waals surface area contributed by atoms with Gasteiger partial charge in [0.15, 0.2) is 0 Å². The van der Waals surface area contributed by atoms with E-state index in [0.717, 1.165) is 5.92 Å². The summed E-state index contributed by atoms with van der Waals surface area (Å²) >= 11 is 0. The van der Waals surface area contributed by atoms with Crippen LogP contribution in [0.15, 0.2) is 0 Å². The molecule has 46 valence electrons. The summed E-state index contributed by atoms with van der Waals surface area (Å²) in [6, 6.07) is 0. The van der Waals surface area contributed by atoms with Gasteiger partial charge in [0.1, 0.15) is 0 Å². The molecule has 1 unspecified atom stereocenters. The van der Waals surface area contributed by atoms with Gasteiger partial charge in [-0.3, -0.25) is 0 Å². The van der Waals surface area contributed by atoms with E-state index in [2.05, 4.69) is 0 Å². The molecule has 0 saturated heterocycles. The van der Waals surface area contributed by atoms with Crippen LogP contribution in [-0.4, -0.2) is 17.9 Å². The van der Waals surface area contributed by atoms with Crippen molar-refractivity contribution in [1.82, 2.24) is 0 Å². The molecule has 8 heavy (non-hydrogen) atoms. The molecule has 0 heterocycles. The van der Waals surface area contributed by atoms with Crippen molar-refractivity contribution in [1.29, 1.82) is 0 Å². The van der Waals surface area contributed by atoms with Crippen molar-refractivity contribution in [2.24, 2.45) is 0 Å². The van der Waals surface area contributed by atoms with Crippen LogP contribution in [0, 0.1) is 11.8 Å². The van der Waals surface area contributed by atoms with Crippen molar-refractivity contribution in [2.45, 2.75) is 12.8 Å². The molecule has 0 rings (SSSR count). The van der Waals surface area contributed by atoms with Gasteiger partial charge < -0.3 is 5.11 Å². The second kappa shape index (κ2) is 3.33. The Bertz CT molecular complexity index is 98.2. The molecule has 1 N–H and O–H groups in total. The lowest BCUT2D eigenvalue weighted by atomic mass is 10.6. The zero-order valence-corrected chi connectivity index (χ0v) is 3.74. The van der Waals surface area contributed by atoms with E-state index in [0.29, 0.717) is 0 Å². The minimum atomic E-state index is -2.87. The van der Waals surface area contributed by atoms with Gasteiger partial charge in [-0.2, -0.15) is 8.78 Å². The number of aliphatic hydroxyl groups excluding tert-OH is 1. The van der Waals surface area contributed by atoms with Gasteiger partial charge in [0.2, 0.25) is 0 Å². The summed E-state index contributed by atoms with van der Waals surface area (Å²) < 4.78 is 33.0. The van der Waals surface area contributed by atoms with Crippen LogP contribution in [0.25, 0.3) is 0 Å². The largest absolute Gasteiger partial charge is 0.354 e. The summed E-state index contributed by atoms with van der Waals surface area (Å²) in [5.41, 5.74) is 0. The standard InChI is InChI=1S/C4H3F3O/c5-3(6)1-2-4(7)8/h3-4,8H. The molecule has 0 aromatic heterocycles. The maximum atomic E-state index is 11.1. The molecule has 0 aliphatic rings. The third kappa shape index (κ3) is 5.31. The normalized spacial score (nSPS) is 12.6.